The number of aliphatic hydroxyl groups is 2. The van der Waals surface area contributed by atoms with Crippen LogP contribution in [0.4, 0.5) is 0 Å². The van der Waals surface area contributed by atoms with Crippen molar-refractivity contribution in [2.75, 3.05) is 19.7 Å². The van der Waals surface area contributed by atoms with Crippen molar-refractivity contribution in [1.82, 2.24) is 5.32 Å². The summed E-state index contributed by atoms with van der Waals surface area (Å²) in [5, 5.41) is 19.4. The second kappa shape index (κ2) is 4.61. The average Bonchev–Trinajstić information content (AvgIpc) is 1.66. The van der Waals surface area contributed by atoms with Gasteiger partial charge in [0.2, 0.25) is 0 Å². The predicted octanol–water partition coefficient (Wildman–Crippen LogP) is -0.360. The summed E-state index contributed by atoms with van der Waals surface area (Å²) < 4.78 is 0. The molecule has 3 nitrogen and oxygen atoms in total. The Kier molecular flexibility index (Phi) is 4.30. The van der Waals surface area contributed by atoms with Crippen LogP contribution in [0.25, 0.3) is 0 Å². The van der Waals surface area contributed by atoms with Crippen molar-refractivity contribution in [3.05, 3.63) is 12.3 Å². The Morgan fingerprint density at radius 1 is 1.62 bits per heavy atom. The lowest BCUT2D eigenvalue weighted by atomic mass is 10.5. The number of hydrogen-bond donors (Lipinski definition) is 3. The minimum Gasteiger partial charge on any atom is -0.512 e. The molecule has 0 heterocycles. The molecule has 0 fully saturated rings. The molecular formula is C5H11NO2. The number of aliphatic hydroxyl groups excluding tert-OH is 2. The SMILES string of the molecule is C=C(O)CNCCO. The zero-order valence-electron chi connectivity index (χ0n) is 4.72. The van der Waals surface area contributed by atoms with E-state index in [-0.39, 0.29) is 12.4 Å². The second-order valence-electron chi connectivity index (χ2n) is 1.47. The molecule has 0 aliphatic rings. The van der Waals surface area contributed by atoms with Crippen molar-refractivity contribution >= 4 is 0 Å². The van der Waals surface area contributed by atoms with Gasteiger partial charge in [-0.1, -0.05) is 6.58 Å². The fraction of sp³-hybridized carbons (Fsp3) is 0.600. The molecule has 0 spiro atoms. The summed E-state index contributed by atoms with van der Waals surface area (Å²) in [5.41, 5.74) is 0. The van der Waals surface area contributed by atoms with Gasteiger partial charge in [0, 0.05) is 6.54 Å². The Hall–Kier alpha value is -0.540. The van der Waals surface area contributed by atoms with Crippen LogP contribution >= 0.6 is 0 Å². The van der Waals surface area contributed by atoms with E-state index in [2.05, 4.69) is 11.9 Å². The molecule has 3 N–H and O–H groups in total. The standard InChI is InChI=1S/C5H11NO2/c1-5(8)4-6-2-3-7/h6-8H,1-4H2. The van der Waals surface area contributed by atoms with Crippen molar-refractivity contribution in [3.63, 3.8) is 0 Å². The molecule has 0 amide bonds. The monoisotopic (exact) mass is 117 g/mol. The summed E-state index contributed by atoms with van der Waals surface area (Å²) in [7, 11) is 0. The quantitative estimate of drug-likeness (QED) is 0.348. The summed E-state index contributed by atoms with van der Waals surface area (Å²) in [5.74, 6) is 0.0958. The van der Waals surface area contributed by atoms with Gasteiger partial charge in [0.15, 0.2) is 0 Å². The highest BCUT2D eigenvalue weighted by Crippen LogP contribution is 1.73. The second-order valence-corrected chi connectivity index (χ2v) is 1.47. The summed E-state index contributed by atoms with van der Waals surface area (Å²) in [4.78, 5) is 0. The molecule has 8 heavy (non-hydrogen) atoms. The smallest absolute Gasteiger partial charge is 0.0988 e. The lowest BCUT2D eigenvalue weighted by Crippen LogP contribution is -2.20. The highest BCUT2D eigenvalue weighted by atomic mass is 16.3. The number of rotatable bonds is 4. The Balaban J connectivity index is 2.82. The van der Waals surface area contributed by atoms with Gasteiger partial charge in [0.05, 0.1) is 18.9 Å². The minimum absolute atomic E-state index is 0.0906. The maximum Gasteiger partial charge on any atom is 0.0988 e. The molecule has 0 saturated carbocycles. The normalized spacial score (nSPS) is 9.12. The first-order valence-electron chi connectivity index (χ1n) is 2.45. The molecule has 3 heteroatoms. The molecule has 0 aromatic heterocycles. The van der Waals surface area contributed by atoms with Gasteiger partial charge >= 0.3 is 0 Å². The molecule has 0 aliphatic heterocycles. The third-order valence-electron chi connectivity index (χ3n) is 0.618. The van der Waals surface area contributed by atoms with E-state index in [0.717, 1.165) is 0 Å². The van der Waals surface area contributed by atoms with Crippen LogP contribution in [0.15, 0.2) is 12.3 Å². The molecule has 0 aliphatic carbocycles. The van der Waals surface area contributed by atoms with E-state index in [1.165, 1.54) is 0 Å². The average molecular weight is 117 g/mol. The Labute approximate surface area is 48.6 Å². The minimum atomic E-state index is 0.0906. The van der Waals surface area contributed by atoms with Crippen molar-refractivity contribution in [2.24, 2.45) is 0 Å². The summed E-state index contributed by atoms with van der Waals surface area (Å²) in [6, 6.07) is 0. The lowest BCUT2D eigenvalue weighted by Gasteiger charge is -1.97. The van der Waals surface area contributed by atoms with Gasteiger partial charge in [0.25, 0.3) is 0 Å². The van der Waals surface area contributed by atoms with Crippen LogP contribution in [0.1, 0.15) is 0 Å². The maximum atomic E-state index is 8.44. The van der Waals surface area contributed by atoms with Crippen LogP contribution in [0.5, 0.6) is 0 Å². The van der Waals surface area contributed by atoms with E-state index in [4.69, 9.17) is 10.2 Å². The third kappa shape index (κ3) is 5.46. The van der Waals surface area contributed by atoms with Crippen LogP contribution in [0.2, 0.25) is 0 Å². The molecule has 0 atom stereocenters. The van der Waals surface area contributed by atoms with Crippen LogP contribution in [0.3, 0.4) is 0 Å². The first-order chi connectivity index (χ1) is 3.77. The summed E-state index contributed by atoms with van der Waals surface area (Å²) in [6.07, 6.45) is 0. The van der Waals surface area contributed by atoms with Gasteiger partial charge in [-0.3, -0.25) is 0 Å². The van der Waals surface area contributed by atoms with E-state index in [1.807, 2.05) is 0 Å². The topological polar surface area (TPSA) is 52.5 Å². The molecule has 0 aromatic rings. The van der Waals surface area contributed by atoms with Crippen LogP contribution in [-0.2, 0) is 0 Å². The van der Waals surface area contributed by atoms with Gasteiger partial charge in [0.1, 0.15) is 0 Å². The molecule has 0 aromatic carbocycles. The zero-order chi connectivity index (χ0) is 6.41. The first kappa shape index (κ1) is 7.46. The van der Waals surface area contributed by atoms with Gasteiger partial charge in [-0.15, -0.1) is 0 Å². The molecule has 0 rings (SSSR count). The zero-order valence-corrected chi connectivity index (χ0v) is 4.72. The highest BCUT2D eigenvalue weighted by molar-refractivity contribution is 4.80. The number of hydrogen-bond acceptors (Lipinski definition) is 3. The molecule has 0 bridgehead atoms. The van der Waals surface area contributed by atoms with Crippen LogP contribution in [0, 0.1) is 0 Å². The van der Waals surface area contributed by atoms with Gasteiger partial charge in [-0.05, 0) is 0 Å². The van der Waals surface area contributed by atoms with Crippen molar-refractivity contribution in [2.45, 2.75) is 0 Å². The predicted molar refractivity (Wildman–Crippen MR) is 31.7 cm³/mol. The van der Waals surface area contributed by atoms with Gasteiger partial charge < -0.3 is 15.5 Å². The van der Waals surface area contributed by atoms with Crippen LogP contribution < -0.4 is 5.32 Å². The van der Waals surface area contributed by atoms with E-state index in [0.29, 0.717) is 13.1 Å². The van der Waals surface area contributed by atoms with E-state index in [9.17, 15) is 0 Å². The Morgan fingerprint density at radius 3 is 2.62 bits per heavy atom. The van der Waals surface area contributed by atoms with Crippen molar-refractivity contribution in [1.29, 1.82) is 0 Å². The third-order valence-corrected chi connectivity index (χ3v) is 0.618. The Bertz CT molecular complexity index is 72.8. The molecule has 0 saturated heterocycles. The fourth-order valence-electron chi connectivity index (χ4n) is 0.312. The summed E-state index contributed by atoms with van der Waals surface area (Å²) in [6.45, 7) is 4.19. The number of nitrogens with one attached hydrogen (secondary N) is 1. The fourth-order valence-corrected chi connectivity index (χ4v) is 0.312. The van der Waals surface area contributed by atoms with E-state index in [1.54, 1.807) is 0 Å². The van der Waals surface area contributed by atoms with Crippen molar-refractivity contribution in [3.8, 4) is 0 Å². The molecule has 0 unspecified atom stereocenters. The first-order valence-corrected chi connectivity index (χ1v) is 2.45. The van der Waals surface area contributed by atoms with E-state index < -0.39 is 0 Å². The lowest BCUT2D eigenvalue weighted by molar-refractivity contribution is 0.289. The van der Waals surface area contributed by atoms with E-state index >= 15 is 0 Å². The Morgan fingerprint density at radius 2 is 2.25 bits per heavy atom. The van der Waals surface area contributed by atoms with Crippen LogP contribution in [-0.4, -0.2) is 29.9 Å². The maximum absolute atomic E-state index is 8.44. The molecular weight excluding hydrogens is 106 g/mol. The highest BCUT2D eigenvalue weighted by Gasteiger charge is 1.84. The summed E-state index contributed by atoms with van der Waals surface area (Å²) >= 11 is 0. The molecule has 48 valence electrons. The molecule has 0 radical (unpaired) electrons. The van der Waals surface area contributed by atoms with Gasteiger partial charge in [-0.25, -0.2) is 0 Å². The van der Waals surface area contributed by atoms with Gasteiger partial charge in [-0.2, -0.15) is 0 Å². The largest absolute Gasteiger partial charge is 0.512 e. The van der Waals surface area contributed by atoms with Crippen molar-refractivity contribution < 1.29 is 10.2 Å².